The lowest BCUT2D eigenvalue weighted by Crippen LogP contribution is -2.37. The van der Waals surface area contributed by atoms with Gasteiger partial charge < -0.3 is 20.1 Å². The fourth-order valence-corrected chi connectivity index (χ4v) is 3.32. The van der Waals surface area contributed by atoms with Gasteiger partial charge in [0.25, 0.3) is 0 Å². The third kappa shape index (κ3) is 7.01. The molecule has 0 atom stereocenters. The Labute approximate surface area is 189 Å². The maximum absolute atomic E-state index is 5.72. The zero-order chi connectivity index (χ0) is 22.6. The van der Waals surface area contributed by atoms with E-state index < -0.39 is 0 Å². The Hall–Kier alpha value is -3.55. The molecule has 8 nitrogen and oxygen atoms in total. The SMILES string of the molecule is CCOc1ccc(CCNC(=NC)NCc2cccc(Cn3cncn3)c2)cc1OCC. The first-order chi connectivity index (χ1) is 15.7. The van der Waals surface area contributed by atoms with Gasteiger partial charge >= 0.3 is 0 Å². The summed E-state index contributed by atoms with van der Waals surface area (Å²) in [5, 5.41) is 10.9. The molecule has 0 bridgehead atoms. The molecule has 0 saturated heterocycles. The first-order valence-corrected chi connectivity index (χ1v) is 10.9. The van der Waals surface area contributed by atoms with Crippen LogP contribution in [0.1, 0.15) is 30.5 Å². The number of rotatable bonds is 11. The van der Waals surface area contributed by atoms with Crippen molar-refractivity contribution >= 4 is 5.96 Å². The summed E-state index contributed by atoms with van der Waals surface area (Å²) in [5.41, 5.74) is 3.54. The van der Waals surface area contributed by atoms with E-state index in [-0.39, 0.29) is 0 Å². The van der Waals surface area contributed by atoms with Gasteiger partial charge in [-0.05, 0) is 49.1 Å². The normalized spacial score (nSPS) is 11.3. The Morgan fingerprint density at radius 3 is 2.53 bits per heavy atom. The second kappa shape index (κ2) is 12.3. The van der Waals surface area contributed by atoms with Crippen molar-refractivity contribution in [2.45, 2.75) is 33.4 Å². The molecule has 0 fully saturated rings. The first-order valence-electron chi connectivity index (χ1n) is 10.9. The summed E-state index contributed by atoms with van der Waals surface area (Å²) in [4.78, 5) is 8.32. The van der Waals surface area contributed by atoms with E-state index in [1.54, 1.807) is 19.7 Å². The van der Waals surface area contributed by atoms with Gasteiger partial charge in [0.05, 0.1) is 19.8 Å². The van der Waals surface area contributed by atoms with E-state index in [2.05, 4.69) is 56.0 Å². The van der Waals surface area contributed by atoms with E-state index in [1.807, 2.05) is 30.7 Å². The van der Waals surface area contributed by atoms with Crippen molar-refractivity contribution in [1.29, 1.82) is 0 Å². The second-order valence-electron chi connectivity index (χ2n) is 7.16. The highest BCUT2D eigenvalue weighted by Crippen LogP contribution is 2.28. The average molecular weight is 437 g/mol. The predicted octanol–water partition coefficient (Wildman–Crippen LogP) is 3.03. The van der Waals surface area contributed by atoms with Gasteiger partial charge in [0, 0.05) is 20.1 Å². The molecule has 1 heterocycles. The monoisotopic (exact) mass is 436 g/mol. The number of nitrogens with one attached hydrogen (secondary N) is 2. The van der Waals surface area contributed by atoms with Gasteiger partial charge in [-0.2, -0.15) is 5.10 Å². The van der Waals surface area contributed by atoms with Crippen LogP contribution in [0.25, 0.3) is 0 Å². The number of ether oxygens (including phenoxy) is 2. The van der Waals surface area contributed by atoms with E-state index in [0.717, 1.165) is 30.4 Å². The highest BCUT2D eigenvalue weighted by molar-refractivity contribution is 5.79. The summed E-state index contributed by atoms with van der Waals surface area (Å²) in [6, 6.07) is 14.5. The summed E-state index contributed by atoms with van der Waals surface area (Å²) in [7, 11) is 1.78. The number of aromatic nitrogens is 3. The standard InChI is InChI=1S/C24H32N6O2/c1-4-31-22-10-9-19(14-23(22)32-5-2)11-12-27-24(25-3)28-15-20-7-6-8-21(13-20)16-30-18-26-17-29-30/h6-10,13-14,17-18H,4-5,11-12,15-16H2,1-3H3,(H2,25,27,28). The zero-order valence-corrected chi connectivity index (χ0v) is 19.0. The third-order valence-corrected chi connectivity index (χ3v) is 4.80. The Morgan fingerprint density at radius 2 is 1.78 bits per heavy atom. The molecule has 3 aromatic rings. The van der Waals surface area contributed by atoms with E-state index >= 15 is 0 Å². The van der Waals surface area contributed by atoms with Crippen molar-refractivity contribution in [3.8, 4) is 11.5 Å². The molecule has 3 rings (SSSR count). The smallest absolute Gasteiger partial charge is 0.191 e. The quantitative estimate of drug-likeness (QED) is 0.355. The number of nitrogens with zero attached hydrogens (tertiary/aromatic N) is 4. The van der Waals surface area contributed by atoms with Gasteiger partial charge in [-0.25, -0.2) is 9.67 Å². The molecular formula is C24H32N6O2. The van der Waals surface area contributed by atoms with Crippen molar-refractivity contribution in [2.75, 3.05) is 26.8 Å². The van der Waals surface area contributed by atoms with Gasteiger partial charge in [-0.15, -0.1) is 0 Å². The minimum Gasteiger partial charge on any atom is -0.490 e. The summed E-state index contributed by atoms with van der Waals surface area (Å²) in [6.07, 6.45) is 4.12. The average Bonchev–Trinajstić information content (AvgIpc) is 3.31. The fraction of sp³-hybridized carbons (Fsp3) is 0.375. The molecule has 1 aromatic heterocycles. The van der Waals surface area contributed by atoms with Crippen molar-refractivity contribution < 1.29 is 9.47 Å². The summed E-state index contributed by atoms with van der Waals surface area (Å²) < 4.78 is 13.2. The van der Waals surface area contributed by atoms with Gasteiger partial charge in [0.1, 0.15) is 12.7 Å². The molecule has 2 N–H and O–H groups in total. The zero-order valence-electron chi connectivity index (χ0n) is 19.0. The van der Waals surface area contributed by atoms with Crippen LogP contribution >= 0.6 is 0 Å². The van der Waals surface area contributed by atoms with Crippen molar-refractivity contribution in [2.24, 2.45) is 4.99 Å². The highest BCUT2D eigenvalue weighted by atomic mass is 16.5. The summed E-state index contributed by atoms with van der Waals surface area (Å²) >= 11 is 0. The largest absolute Gasteiger partial charge is 0.490 e. The van der Waals surface area contributed by atoms with Crippen LogP contribution in [0.4, 0.5) is 0 Å². The van der Waals surface area contributed by atoms with Crippen LogP contribution in [-0.4, -0.2) is 47.5 Å². The number of hydrogen-bond donors (Lipinski definition) is 2. The number of guanidine groups is 1. The van der Waals surface area contributed by atoms with Crippen LogP contribution in [0.5, 0.6) is 11.5 Å². The molecule has 0 spiro atoms. The van der Waals surface area contributed by atoms with Crippen molar-refractivity contribution in [3.05, 3.63) is 71.8 Å². The van der Waals surface area contributed by atoms with Crippen molar-refractivity contribution in [3.63, 3.8) is 0 Å². The van der Waals surface area contributed by atoms with Crippen LogP contribution in [-0.2, 0) is 19.5 Å². The van der Waals surface area contributed by atoms with Crippen molar-refractivity contribution in [1.82, 2.24) is 25.4 Å². The molecule has 0 radical (unpaired) electrons. The van der Waals surface area contributed by atoms with E-state index in [4.69, 9.17) is 9.47 Å². The Bertz CT molecular complexity index is 988. The Balaban J connectivity index is 1.49. The number of aliphatic imine (C=N–C) groups is 1. The highest BCUT2D eigenvalue weighted by Gasteiger charge is 2.07. The topological polar surface area (TPSA) is 85.6 Å². The Kier molecular flexibility index (Phi) is 8.92. The molecule has 0 aliphatic carbocycles. The Morgan fingerprint density at radius 1 is 0.969 bits per heavy atom. The van der Waals surface area contributed by atoms with Gasteiger partial charge in [-0.1, -0.05) is 30.3 Å². The second-order valence-corrected chi connectivity index (χ2v) is 7.16. The molecular weight excluding hydrogens is 404 g/mol. The van der Waals surface area contributed by atoms with E-state index in [9.17, 15) is 0 Å². The first kappa shape index (κ1) is 23.1. The fourth-order valence-electron chi connectivity index (χ4n) is 3.32. The lowest BCUT2D eigenvalue weighted by atomic mass is 10.1. The van der Waals surface area contributed by atoms with Crippen LogP contribution in [0.15, 0.2) is 60.1 Å². The van der Waals surface area contributed by atoms with E-state index in [1.165, 1.54) is 16.7 Å². The molecule has 32 heavy (non-hydrogen) atoms. The summed E-state index contributed by atoms with van der Waals surface area (Å²) in [6.45, 7) is 7.31. The van der Waals surface area contributed by atoms with E-state index in [0.29, 0.717) is 26.3 Å². The number of hydrogen-bond acceptors (Lipinski definition) is 5. The predicted molar refractivity (Wildman–Crippen MR) is 126 cm³/mol. The lowest BCUT2D eigenvalue weighted by Gasteiger charge is -2.14. The summed E-state index contributed by atoms with van der Waals surface area (Å²) in [5.74, 6) is 2.34. The van der Waals surface area contributed by atoms with Gasteiger partial charge in [-0.3, -0.25) is 4.99 Å². The molecule has 170 valence electrons. The molecule has 0 aliphatic rings. The molecule has 2 aromatic carbocycles. The molecule has 0 saturated carbocycles. The lowest BCUT2D eigenvalue weighted by molar-refractivity contribution is 0.287. The van der Waals surface area contributed by atoms with Gasteiger partial charge in [0.15, 0.2) is 17.5 Å². The maximum atomic E-state index is 5.72. The van der Waals surface area contributed by atoms with Crippen LogP contribution in [0.3, 0.4) is 0 Å². The molecule has 0 amide bonds. The number of benzene rings is 2. The van der Waals surface area contributed by atoms with Gasteiger partial charge in [0.2, 0.25) is 0 Å². The maximum Gasteiger partial charge on any atom is 0.191 e. The minimum absolute atomic E-state index is 0.609. The molecule has 0 unspecified atom stereocenters. The minimum atomic E-state index is 0.609. The van der Waals surface area contributed by atoms with Crippen LogP contribution in [0, 0.1) is 0 Å². The molecule has 8 heteroatoms. The van der Waals surface area contributed by atoms with Crippen LogP contribution in [0.2, 0.25) is 0 Å². The van der Waals surface area contributed by atoms with Crippen LogP contribution < -0.4 is 20.1 Å². The molecule has 0 aliphatic heterocycles. The third-order valence-electron chi connectivity index (χ3n) is 4.80.